The monoisotopic (exact) mass is 591 g/mol. The van der Waals surface area contributed by atoms with Crippen molar-refractivity contribution >= 4 is 35.1 Å². The normalized spacial score (nSPS) is 22.7. The Bertz CT molecular complexity index is 1460. The second-order valence-corrected chi connectivity index (χ2v) is 12.9. The van der Waals surface area contributed by atoms with Crippen LogP contribution in [0.1, 0.15) is 70.3 Å². The number of benzene rings is 2. The quantitative estimate of drug-likeness (QED) is 0.302. The van der Waals surface area contributed by atoms with Crippen molar-refractivity contribution < 1.29 is 9.53 Å². The SMILES string of the molecule is CCOc1cc(C(C)(C)C)ncc1C1=N[C@@](C)(c2ccc(Cl)cc2)[C@@](C)(c2ccc(Cl)cc2)N1C(=O)N1C[CH]CC1. The summed E-state index contributed by atoms with van der Waals surface area (Å²) in [6, 6.07) is 17.3. The first kappa shape index (κ1) is 29.4. The van der Waals surface area contributed by atoms with Crippen LogP contribution >= 0.6 is 23.2 Å². The number of hydrogen-bond acceptors (Lipinski definition) is 4. The largest absolute Gasteiger partial charge is 0.493 e. The van der Waals surface area contributed by atoms with Gasteiger partial charge in [-0.3, -0.25) is 14.9 Å². The molecule has 2 amide bonds. The molecule has 41 heavy (non-hydrogen) atoms. The molecule has 2 aliphatic rings. The van der Waals surface area contributed by atoms with Gasteiger partial charge < -0.3 is 9.64 Å². The second kappa shape index (κ2) is 11.0. The lowest BCUT2D eigenvalue weighted by atomic mass is 9.71. The topological polar surface area (TPSA) is 58.0 Å². The van der Waals surface area contributed by atoms with Gasteiger partial charge in [0.25, 0.3) is 0 Å². The van der Waals surface area contributed by atoms with E-state index in [-0.39, 0.29) is 11.4 Å². The highest BCUT2D eigenvalue weighted by Gasteiger charge is 2.60. The van der Waals surface area contributed by atoms with E-state index in [1.54, 1.807) is 6.20 Å². The summed E-state index contributed by atoms with van der Waals surface area (Å²) in [6.07, 6.45) is 4.79. The molecule has 0 aliphatic carbocycles. The number of nitrogens with zero attached hydrogens (tertiary/aromatic N) is 4. The summed E-state index contributed by atoms with van der Waals surface area (Å²) in [5, 5.41) is 1.26. The number of aromatic nitrogens is 1. The van der Waals surface area contributed by atoms with Gasteiger partial charge in [-0.2, -0.15) is 0 Å². The fourth-order valence-electron chi connectivity index (χ4n) is 5.76. The Morgan fingerprint density at radius 2 is 1.61 bits per heavy atom. The molecule has 215 valence electrons. The van der Waals surface area contributed by atoms with Crippen molar-refractivity contribution in [2.24, 2.45) is 4.99 Å². The van der Waals surface area contributed by atoms with Gasteiger partial charge in [0.2, 0.25) is 0 Å². The van der Waals surface area contributed by atoms with E-state index in [0.29, 0.717) is 46.9 Å². The van der Waals surface area contributed by atoms with Crippen LogP contribution in [0.25, 0.3) is 0 Å². The van der Waals surface area contributed by atoms with Gasteiger partial charge in [-0.1, -0.05) is 68.2 Å². The van der Waals surface area contributed by atoms with Gasteiger partial charge in [0.15, 0.2) is 0 Å². The number of halogens is 2. The molecule has 2 atom stereocenters. The average molecular weight is 593 g/mol. The summed E-state index contributed by atoms with van der Waals surface area (Å²) < 4.78 is 6.20. The van der Waals surface area contributed by atoms with Gasteiger partial charge in [0, 0.05) is 46.5 Å². The smallest absolute Gasteiger partial charge is 0.326 e. The van der Waals surface area contributed by atoms with Crippen LogP contribution in [0.5, 0.6) is 5.75 Å². The third-order valence-electron chi connectivity index (χ3n) is 8.34. The molecule has 1 fully saturated rings. The third-order valence-corrected chi connectivity index (χ3v) is 8.84. The van der Waals surface area contributed by atoms with Crippen molar-refractivity contribution in [2.75, 3.05) is 19.7 Å². The van der Waals surface area contributed by atoms with E-state index in [2.05, 4.69) is 41.0 Å². The van der Waals surface area contributed by atoms with Gasteiger partial charge >= 0.3 is 6.03 Å². The van der Waals surface area contributed by atoms with E-state index in [1.165, 1.54) is 0 Å². The fraction of sp³-hybridized carbons (Fsp3) is 0.394. The van der Waals surface area contributed by atoms with E-state index in [4.69, 9.17) is 37.9 Å². The number of ether oxygens (including phenoxy) is 1. The minimum Gasteiger partial charge on any atom is -0.493 e. The number of amides is 2. The average Bonchev–Trinajstić information content (AvgIpc) is 3.55. The van der Waals surface area contributed by atoms with Gasteiger partial charge in [-0.25, -0.2) is 4.79 Å². The Labute approximate surface area is 253 Å². The Morgan fingerprint density at radius 3 is 2.15 bits per heavy atom. The zero-order chi connectivity index (χ0) is 29.6. The maximum Gasteiger partial charge on any atom is 0.326 e. The number of likely N-dealkylation sites (tertiary alicyclic amines) is 1. The van der Waals surface area contributed by atoms with Crippen LogP contribution in [0.3, 0.4) is 0 Å². The van der Waals surface area contributed by atoms with Crippen LogP contribution < -0.4 is 4.74 Å². The van der Waals surface area contributed by atoms with E-state index in [1.807, 2.05) is 71.3 Å². The molecule has 0 spiro atoms. The standard InChI is InChI=1S/C33H37Cl2N4O2/c1-7-41-27-20-28(31(2,3)4)36-21-26(27)29-37-32(5,22-10-14-24(34)15-11-22)33(6,23-12-16-25(35)17-13-23)39(29)30(40)38-18-8-9-19-38/h8,10-17,20-21H,7,9,18-19H2,1-6H3/t32-,33+/m0/s1. The number of pyridine rings is 1. The van der Waals surface area contributed by atoms with Crippen molar-refractivity contribution in [3.8, 4) is 5.75 Å². The van der Waals surface area contributed by atoms with Crippen LogP contribution in [0, 0.1) is 6.42 Å². The highest BCUT2D eigenvalue weighted by atomic mass is 35.5. The molecule has 0 N–H and O–H groups in total. The number of carbonyl (C=O) groups is 1. The zero-order valence-corrected chi connectivity index (χ0v) is 26.1. The molecule has 6 nitrogen and oxygen atoms in total. The molecule has 5 rings (SSSR count). The summed E-state index contributed by atoms with van der Waals surface area (Å²) in [6.45, 7) is 14.2. The Kier molecular flexibility index (Phi) is 7.86. The lowest BCUT2D eigenvalue weighted by Gasteiger charge is -2.46. The van der Waals surface area contributed by atoms with Crippen molar-refractivity contribution in [2.45, 2.75) is 64.5 Å². The lowest BCUT2D eigenvalue weighted by Crippen LogP contribution is -2.58. The van der Waals surface area contributed by atoms with E-state index < -0.39 is 11.1 Å². The molecular formula is C33H37Cl2N4O2. The Hall–Kier alpha value is -3.09. The summed E-state index contributed by atoms with van der Waals surface area (Å²) >= 11 is 12.7. The number of amidine groups is 1. The lowest BCUT2D eigenvalue weighted by molar-refractivity contribution is 0.114. The van der Waals surface area contributed by atoms with Crippen LogP contribution in [0.2, 0.25) is 10.0 Å². The van der Waals surface area contributed by atoms with Crippen molar-refractivity contribution in [3.63, 3.8) is 0 Å². The number of carbonyl (C=O) groups excluding carboxylic acids is 1. The summed E-state index contributed by atoms with van der Waals surface area (Å²) in [7, 11) is 0. The van der Waals surface area contributed by atoms with Gasteiger partial charge in [-0.05, 0) is 69.0 Å². The summed E-state index contributed by atoms with van der Waals surface area (Å²) in [5.74, 6) is 1.17. The molecular weight excluding hydrogens is 555 g/mol. The second-order valence-electron chi connectivity index (χ2n) is 12.0. The minimum absolute atomic E-state index is 0.116. The first-order chi connectivity index (χ1) is 19.4. The summed E-state index contributed by atoms with van der Waals surface area (Å²) in [4.78, 5) is 28.6. The molecule has 8 heteroatoms. The maximum absolute atomic E-state index is 14.6. The zero-order valence-electron chi connectivity index (χ0n) is 24.5. The van der Waals surface area contributed by atoms with Gasteiger partial charge in [0.05, 0.1) is 12.2 Å². The van der Waals surface area contributed by atoms with E-state index in [0.717, 1.165) is 23.2 Å². The fourth-order valence-corrected chi connectivity index (χ4v) is 6.01. The third kappa shape index (κ3) is 5.10. The maximum atomic E-state index is 14.6. The van der Waals surface area contributed by atoms with Crippen LogP contribution in [-0.2, 0) is 16.5 Å². The minimum atomic E-state index is -0.938. The Morgan fingerprint density at radius 1 is 1.00 bits per heavy atom. The van der Waals surface area contributed by atoms with E-state index in [9.17, 15) is 4.79 Å². The molecule has 0 saturated carbocycles. The number of rotatable bonds is 5. The molecule has 3 heterocycles. The predicted octanol–water partition coefficient (Wildman–Crippen LogP) is 8.01. The van der Waals surface area contributed by atoms with Gasteiger partial charge in [-0.15, -0.1) is 0 Å². The van der Waals surface area contributed by atoms with Gasteiger partial charge in [0.1, 0.15) is 22.7 Å². The molecule has 0 bridgehead atoms. The van der Waals surface area contributed by atoms with Crippen molar-refractivity contribution in [1.82, 2.24) is 14.8 Å². The number of aliphatic imine (C=N–C) groups is 1. The molecule has 2 aliphatic heterocycles. The van der Waals surface area contributed by atoms with Crippen LogP contribution in [0.4, 0.5) is 4.79 Å². The van der Waals surface area contributed by atoms with Crippen LogP contribution in [0.15, 0.2) is 65.8 Å². The van der Waals surface area contributed by atoms with Crippen molar-refractivity contribution in [1.29, 1.82) is 0 Å². The molecule has 1 radical (unpaired) electrons. The van der Waals surface area contributed by atoms with Crippen LogP contribution in [-0.4, -0.2) is 46.3 Å². The first-order valence-electron chi connectivity index (χ1n) is 14.1. The number of hydrogen-bond donors (Lipinski definition) is 0. The molecule has 3 aromatic rings. The molecule has 0 unspecified atom stereocenters. The Balaban J connectivity index is 1.81. The highest BCUT2D eigenvalue weighted by Crippen LogP contribution is 2.54. The predicted molar refractivity (Wildman–Crippen MR) is 166 cm³/mol. The number of urea groups is 1. The molecule has 1 saturated heterocycles. The molecule has 2 aromatic carbocycles. The highest BCUT2D eigenvalue weighted by molar-refractivity contribution is 6.30. The molecule has 1 aromatic heterocycles. The van der Waals surface area contributed by atoms with Crippen molar-refractivity contribution in [3.05, 3.63) is 99.6 Å². The summed E-state index contributed by atoms with van der Waals surface area (Å²) in [5.41, 5.74) is 1.39. The first-order valence-corrected chi connectivity index (χ1v) is 14.8. The van der Waals surface area contributed by atoms with E-state index >= 15 is 0 Å².